The summed E-state index contributed by atoms with van der Waals surface area (Å²) in [7, 11) is 0. The van der Waals surface area contributed by atoms with Crippen LogP contribution < -0.4 is 0 Å². The molecule has 0 aliphatic carbocycles. The first-order valence-corrected chi connectivity index (χ1v) is 5.84. The van der Waals surface area contributed by atoms with Crippen molar-refractivity contribution in [2.45, 2.75) is 13.3 Å². The Kier molecular flexibility index (Phi) is 3.75. The van der Waals surface area contributed by atoms with E-state index in [0.717, 1.165) is 5.56 Å². The molecule has 1 aliphatic rings. The van der Waals surface area contributed by atoms with E-state index in [-0.39, 0.29) is 23.5 Å². The summed E-state index contributed by atoms with van der Waals surface area (Å²) in [5.41, 5.74) is 1.24. The van der Waals surface area contributed by atoms with Crippen molar-refractivity contribution in [2.75, 3.05) is 6.61 Å². The summed E-state index contributed by atoms with van der Waals surface area (Å²) in [6, 6.07) is 4.77. The molecule has 0 N–H and O–H groups in total. The van der Waals surface area contributed by atoms with Crippen molar-refractivity contribution in [1.82, 2.24) is 0 Å². The van der Waals surface area contributed by atoms with Crippen LogP contribution in [0.3, 0.4) is 0 Å². The minimum absolute atomic E-state index is 0.161. The standard InChI is InChI=1S/C14H12O5/c1-2-18-12(15)5-3-4-9-6-7-10-11(8-9)14(17)19-13(10)16/h3-4,6-8H,2,5H2,1H3. The fourth-order valence-corrected chi connectivity index (χ4v) is 1.72. The monoisotopic (exact) mass is 260 g/mol. The van der Waals surface area contributed by atoms with Gasteiger partial charge in [0, 0.05) is 0 Å². The third-order valence-corrected chi connectivity index (χ3v) is 2.57. The summed E-state index contributed by atoms with van der Waals surface area (Å²) in [6.07, 6.45) is 3.49. The zero-order chi connectivity index (χ0) is 13.8. The Morgan fingerprint density at radius 3 is 2.74 bits per heavy atom. The van der Waals surface area contributed by atoms with Gasteiger partial charge in [-0.25, -0.2) is 9.59 Å². The van der Waals surface area contributed by atoms with Crippen molar-refractivity contribution in [3.8, 4) is 0 Å². The molecule has 0 atom stereocenters. The van der Waals surface area contributed by atoms with Gasteiger partial charge >= 0.3 is 17.9 Å². The van der Waals surface area contributed by atoms with Crippen molar-refractivity contribution in [3.63, 3.8) is 0 Å². The second-order valence-electron chi connectivity index (χ2n) is 3.89. The van der Waals surface area contributed by atoms with Gasteiger partial charge in [-0.05, 0) is 24.6 Å². The van der Waals surface area contributed by atoms with E-state index >= 15 is 0 Å². The third-order valence-electron chi connectivity index (χ3n) is 2.57. The number of benzene rings is 1. The number of fused-ring (bicyclic) bond motifs is 1. The first kappa shape index (κ1) is 13.0. The van der Waals surface area contributed by atoms with E-state index in [1.807, 2.05) is 0 Å². The Labute approximate surface area is 109 Å². The Balaban J connectivity index is 2.09. The van der Waals surface area contributed by atoms with Gasteiger partial charge in [0.25, 0.3) is 0 Å². The predicted octanol–water partition coefficient (Wildman–Crippen LogP) is 1.96. The van der Waals surface area contributed by atoms with Crippen LogP contribution in [-0.4, -0.2) is 24.5 Å². The zero-order valence-electron chi connectivity index (χ0n) is 10.3. The molecule has 0 bridgehead atoms. The molecule has 2 rings (SSSR count). The van der Waals surface area contributed by atoms with Crippen molar-refractivity contribution >= 4 is 24.0 Å². The lowest BCUT2D eigenvalue weighted by Crippen LogP contribution is -2.01. The molecule has 1 aromatic carbocycles. The lowest BCUT2D eigenvalue weighted by atomic mass is 10.1. The molecule has 1 aliphatic heterocycles. The molecule has 5 heteroatoms. The maximum atomic E-state index is 11.4. The second kappa shape index (κ2) is 5.48. The van der Waals surface area contributed by atoms with Crippen LogP contribution in [0.2, 0.25) is 0 Å². The molecule has 1 heterocycles. The van der Waals surface area contributed by atoms with Crippen molar-refractivity contribution in [1.29, 1.82) is 0 Å². The Hall–Kier alpha value is -2.43. The van der Waals surface area contributed by atoms with Crippen LogP contribution in [0.4, 0.5) is 0 Å². The number of ether oxygens (including phenoxy) is 2. The van der Waals surface area contributed by atoms with Crippen LogP contribution in [0.5, 0.6) is 0 Å². The van der Waals surface area contributed by atoms with E-state index in [1.54, 1.807) is 31.2 Å². The van der Waals surface area contributed by atoms with E-state index in [0.29, 0.717) is 6.61 Å². The molecule has 0 unspecified atom stereocenters. The molecule has 0 amide bonds. The van der Waals surface area contributed by atoms with Gasteiger partial charge in [0.15, 0.2) is 0 Å². The summed E-state index contributed by atoms with van der Waals surface area (Å²) in [5, 5.41) is 0. The quantitative estimate of drug-likeness (QED) is 0.611. The lowest BCUT2D eigenvalue weighted by molar-refractivity contribution is -0.142. The number of esters is 3. The minimum Gasteiger partial charge on any atom is -0.466 e. The molecule has 0 radical (unpaired) electrons. The van der Waals surface area contributed by atoms with E-state index in [4.69, 9.17) is 4.74 Å². The molecule has 0 saturated heterocycles. The van der Waals surface area contributed by atoms with Gasteiger partial charge in [0.2, 0.25) is 0 Å². The summed E-state index contributed by atoms with van der Waals surface area (Å²) >= 11 is 0. The number of rotatable bonds is 4. The number of carbonyl (C=O) groups excluding carboxylic acids is 3. The average Bonchev–Trinajstić information content (AvgIpc) is 2.65. The molecule has 0 fully saturated rings. The topological polar surface area (TPSA) is 69.7 Å². The number of hydrogen-bond donors (Lipinski definition) is 0. The molecule has 0 saturated carbocycles. The van der Waals surface area contributed by atoms with Gasteiger partial charge < -0.3 is 9.47 Å². The zero-order valence-corrected chi connectivity index (χ0v) is 10.3. The lowest BCUT2D eigenvalue weighted by Gasteiger charge is -1.98. The van der Waals surface area contributed by atoms with Gasteiger partial charge in [-0.2, -0.15) is 0 Å². The smallest absolute Gasteiger partial charge is 0.346 e. The number of carbonyl (C=O) groups is 3. The van der Waals surface area contributed by atoms with Gasteiger partial charge in [0.05, 0.1) is 24.2 Å². The Bertz CT molecular complexity index is 571. The van der Waals surface area contributed by atoms with E-state index < -0.39 is 11.9 Å². The van der Waals surface area contributed by atoms with Crippen molar-refractivity contribution in [3.05, 3.63) is 41.0 Å². The van der Waals surface area contributed by atoms with Crippen LogP contribution in [0, 0.1) is 0 Å². The highest BCUT2D eigenvalue weighted by Crippen LogP contribution is 2.21. The van der Waals surface area contributed by atoms with Crippen LogP contribution in [0.25, 0.3) is 6.08 Å². The van der Waals surface area contributed by atoms with Crippen LogP contribution in [0.15, 0.2) is 24.3 Å². The van der Waals surface area contributed by atoms with Crippen LogP contribution in [-0.2, 0) is 14.3 Å². The average molecular weight is 260 g/mol. The summed E-state index contributed by atoms with van der Waals surface area (Å²) < 4.78 is 9.26. The SMILES string of the molecule is CCOC(=O)CC=Cc1ccc2c(c1)C(=O)OC2=O. The van der Waals surface area contributed by atoms with Gasteiger partial charge in [-0.1, -0.05) is 18.2 Å². The van der Waals surface area contributed by atoms with Gasteiger partial charge in [-0.3, -0.25) is 4.79 Å². The molecule has 19 heavy (non-hydrogen) atoms. The third kappa shape index (κ3) is 2.88. The largest absolute Gasteiger partial charge is 0.466 e. The maximum absolute atomic E-state index is 11.4. The summed E-state index contributed by atoms with van der Waals surface area (Å²) in [5.74, 6) is -1.57. The number of cyclic esters (lactones) is 2. The fourth-order valence-electron chi connectivity index (χ4n) is 1.72. The summed E-state index contributed by atoms with van der Waals surface area (Å²) in [6.45, 7) is 2.09. The highest BCUT2D eigenvalue weighted by atomic mass is 16.6. The molecular weight excluding hydrogens is 248 g/mol. The van der Waals surface area contributed by atoms with E-state index in [9.17, 15) is 14.4 Å². The van der Waals surface area contributed by atoms with Crippen molar-refractivity contribution in [2.24, 2.45) is 0 Å². The molecule has 5 nitrogen and oxygen atoms in total. The van der Waals surface area contributed by atoms with Gasteiger partial charge in [-0.15, -0.1) is 0 Å². The normalized spacial score (nSPS) is 13.5. The van der Waals surface area contributed by atoms with Crippen molar-refractivity contribution < 1.29 is 23.9 Å². The molecule has 1 aromatic rings. The predicted molar refractivity (Wildman–Crippen MR) is 66.5 cm³/mol. The Morgan fingerprint density at radius 1 is 1.26 bits per heavy atom. The molecule has 0 spiro atoms. The van der Waals surface area contributed by atoms with E-state index in [2.05, 4.69) is 4.74 Å². The minimum atomic E-state index is -0.638. The highest BCUT2D eigenvalue weighted by Gasteiger charge is 2.29. The second-order valence-corrected chi connectivity index (χ2v) is 3.89. The van der Waals surface area contributed by atoms with Crippen LogP contribution >= 0.6 is 0 Å². The Morgan fingerprint density at radius 2 is 2.00 bits per heavy atom. The van der Waals surface area contributed by atoms with Crippen LogP contribution in [0.1, 0.15) is 39.6 Å². The first-order valence-electron chi connectivity index (χ1n) is 5.84. The summed E-state index contributed by atoms with van der Waals surface area (Å²) in [4.78, 5) is 33.7. The molecule has 98 valence electrons. The van der Waals surface area contributed by atoms with Gasteiger partial charge in [0.1, 0.15) is 0 Å². The fraction of sp³-hybridized carbons (Fsp3) is 0.214. The van der Waals surface area contributed by atoms with E-state index in [1.165, 1.54) is 6.07 Å². The first-order chi connectivity index (χ1) is 9.11. The maximum Gasteiger partial charge on any atom is 0.346 e. The molecule has 0 aromatic heterocycles. The molecular formula is C14H12O5. The number of hydrogen-bond acceptors (Lipinski definition) is 5. The highest BCUT2D eigenvalue weighted by molar-refractivity contribution is 6.14.